The Hall–Kier alpha value is -3.65. The third-order valence-corrected chi connectivity index (χ3v) is 5.67. The minimum atomic E-state index is 0.958. The molecule has 5 aromatic rings. The Balaban J connectivity index is 1.66. The average Bonchev–Trinajstić information content (AvgIpc) is 3.33. The van der Waals surface area contributed by atoms with Crippen LogP contribution in [0.5, 0.6) is 0 Å². The SMILES string of the molecule is c1ccc(-n2c(-c3cccc4c3Cc3ccccc3-4)nc3ccccc32)cc1. The van der Waals surface area contributed by atoms with Gasteiger partial charge in [-0.05, 0) is 52.9 Å². The summed E-state index contributed by atoms with van der Waals surface area (Å²) in [5.41, 5.74) is 9.96. The second-order valence-corrected chi connectivity index (χ2v) is 7.26. The molecule has 0 aliphatic heterocycles. The molecule has 1 aliphatic carbocycles. The first-order valence-corrected chi connectivity index (χ1v) is 9.63. The topological polar surface area (TPSA) is 17.8 Å². The first-order valence-electron chi connectivity index (χ1n) is 9.63. The molecule has 0 bridgehead atoms. The predicted molar refractivity (Wildman–Crippen MR) is 115 cm³/mol. The number of aromatic nitrogens is 2. The number of para-hydroxylation sites is 3. The van der Waals surface area contributed by atoms with Crippen LogP contribution < -0.4 is 0 Å². The lowest BCUT2D eigenvalue weighted by Crippen LogP contribution is -1.99. The van der Waals surface area contributed by atoms with E-state index in [1.807, 2.05) is 0 Å². The molecule has 0 spiro atoms. The summed E-state index contributed by atoms with van der Waals surface area (Å²) in [5.74, 6) is 1.01. The summed E-state index contributed by atoms with van der Waals surface area (Å²) in [5, 5.41) is 0. The minimum absolute atomic E-state index is 0.958. The van der Waals surface area contributed by atoms with Crippen molar-refractivity contribution in [1.82, 2.24) is 9.55 Å². The molecule has 0 saturated carbocycles. The number of benzene rings is 4. The average molecular weight is 358 g/mol. The Bertz CT molecular complexity index is 1330. The lowest BCUT2D eigenvalue weighted by Gasteiger charge is -2.12. The number of hydrogen-bond donors (Lipinski definition) is 0. The predicted octanol–water partition coefficient (Wildman–Crippen LogP) is 6.26. The van der Waals surface area contributed by atoms with Crippen molar-refractivity contribution in [3.8, 4) is 28.2 Å². The lowest BCUT2D eigenvalue weighted by molar-refractivity contribution is 1.09. The van der Waals surface area contributed by atoms with Crippen LogP contribution in [0, 0.1) is 0 Å². The summed E-state index contributed by atoms with van der Waals surface area (Å²) in [6, 6.07) is 34.2. The summed E-state index contributed by atoms with van der Waals surface area (Å²) in [7, 11) is 0. The van der Waals surface area contributed by atoms with Crippen molar-refractivity contribution in [2.75, 3.05) is 0 Å². The van der Waals surface area contributed by atoms with Crippen LogP contribution in [0.3, 0.4) is 0 Å². The summed E-state index contributed by atoms with van der Waals surface area (Å²) in [6.07, 6.45) is 0.958. The molecule has 0 atom stereocenters. The van der Waals surface area contributed by atoms with Gasteiger partial charge in [-0.25, -0.2) is 4.98 Å². The van der Waals surface area contributed by atoms with Gasteiger partial charge in [0.2, 0.25) is 0 Å². The smallest absolute Gasteiger partial charge is 0.146 e. The molecule has 4 aromatic carbocycles. The molecule has 28 heavy (non-hydrogen) atoms. The lowest BCUT2D eigenvalue weighted by atomic mass is 10.0. The highest BCUT2D eigenvalue weighted by atomic mass is 15.1. The molecule has 0 unspecified atom stereocenters. The maximum atomic E-state index is 5.06. The fraction of sp³-hybridized carbons (Fsp3) is 0.0385. The molecular formula is C26H18N2. The molecular weight excluding hydrogens is 340 g/mol. The Morgan fingerprint density at radius 3 is 2.25 bits per heavy atom. The van der Waals surface area contributed by atoms with E-state index in [0.717, 1.165) is 29.0 Å². The standard InChI is InChI=1S/C26H18N2/c1-2-10-19(11-3-1)28-25-16-7-6-15-24(25)27-26(28)22-14-8-13-21-20-12-5-4-9-18(20)17-23(21)22/h1-16H,17H2. The molecule has 0 saturated heterocycles. The van der Waals surface area contributed by atoms with Gasteiger partial charge < -0.3 is 0 Å². The van der Waals surface area contributed by atoms with Gasteiger partial charge in [-0.1, -0.05) is 72.8 Å². The Morgan fingerprint density at radius 1 is 0.607 bits per heavy atom. The molecule has 0 radical (unpaired) electrons. The number of rotatable bonds is 2. The number of nitrogens with zero attached hydrogens (tertiary/aromatic N) is 2. The fourth-order valence-corrected chi connectivity index (χ4v) is 4.41. The van der Waals surface area contributed by atoms with Gasteiger partial charge in [0, 0.05) is 11.3 Å². The third-order valence-electron chi connectivity index (χ3n) is 5.67. The second-order valence-electron chi connectivity index (χ2n) is 7.26. The Kier molecular flexibility index (Phi) is 3.26. The summed E-state index contributed by atoms with van der Waals surface area (Å²) in [4.78, 5) is 5.06. The number of hydrogen-bond acceptors (Lipinski definition) is 1. The van der Waals surface area contributed by atoms with Gasteiger partial charge in [-0.15, -0.1) is 0 Å². The normalized spacial score (nSPS) is 12.1. The van der Waals surface area contributed by atoms with Crippen molar-refractivity contribution in [1.29, 1.82) is 0 Å². The molecule has 2 heteroatoms. The van der Waals surface area contributed by atoms with Crippen molar-refractivity contribution >= 4 is 11.0 Å². The maximum Gasteiger partial charge on any atom is 0.146 e. The molecule has 0 N–H and O–H groups in total. The van der Waals surface area contributed by atoms with Gasteiger partial charge in [0.05, 0.1) is 11.0 Å². The van der Waals surface area contributed by atoms with Crippen molar-refractivity contribution in [2.24, 2.45) is 0 Å². The highest BCUT2D eigenvalue weighted by Gasteiger charge is 2.24. The van der Waals surface area contributed by atoms with E-state index in [9.17, 15) is 0 Å². The van der Waals surface area contributed by atoms with Crippen molar-refractivity contribution in [2.45, 2.75) is 6.42 Å². The molecule has 1 aromatic heterocycles. The van der Waals surface area contributed by atoms with Crippen molar-refractivity contribution in [3.05, 3.63) is 108 Å². The molecule has 1 heterocycles. The van der Waals surface area contributed by atoms with E-state index in [1.54, 1.807) is 0 Å². The first kappa shape index (κ1) is 15.4. The van der Waals surface area contributed by atoms with Crippen LogP contribution in [0.2, 0.25) is 0 Å². The summed E-state index contributed by atoms with van der Waals surface area (Å²) >= 11 is 0. The highest BCUT2D eigenvalue weighted by molar-refractivity contribution is 5.88. The van der Waals surface area contributed by atoms with E-state index in [-0.39, 0.29) is 0 Å². The van der Waals surface area contributed by atoms with Crippen molar-refractivity contribution < 1.29 is 0 Å². The first-order chi connectivity index (χ1) is 13.9. The molecule has 1 aliphatic rings. The van der Waals surface area contributed by atoms with Gasteiger partial charge in [0.1, 0.15) is 5.82 Å². The monoisotopic (exact) mass is 358 g/mol. The largest absolute Gasteiger partial charge is 0.292 e. The molecule has 132 valence electrons. The quantitative estimate of drug-likeness (QED) is 0.357. The summed E-state index contributed by atoms with van der Waals surface area (Å²) in [6.45, 7) is 0. The van der Waals surface area contributed by atoms with Crippen molar-refractivity contribution in [3.63, 3.8) is 0 Å². The molecule has 0 fully saturated rings. The van der Waals surface area contributed by atoms with E-state index in [4.69, 9.17) is 4.98 Å². The van der Waals surface area contributed by atoms with Crippen LogP contribution in [0.4, 0.5) is 0 Å². The zero-order valence-electron chi connectivity index (χ0n) is 15.3. The van der Waals surface area contributed by atoms with Crippen LogP contribution in [0.15, 0.2) is 97.1 Å². The number of imidazole rings is 1. The summed E-state index contributed by atoms with van der Waals surface area (Å²) < 4.78 is 2.29. The van der Waals surface area contributed by atoms with Gasteiger partial charge in [0.25, 0.3) is 0 Å². The highest BCUT2D eigenvalue weighted by Crippen LogP contribution is 2.42. The van der Waals surface area contributed by atoms with Crippen LogP contribution in [-0.2, 0) is 6.42 Å². The fourth-order valence-electron chi connectivity index (χ4n) is 4.41. The van der Waals surface area contributed by atoms with Crippen LogP contribution in [0.1, 0.15) is 11.1 Å². The molecule has 0 amide bonds. The maximum absolute atomic E-state index is 5.06. The number of fused-ring (bicyclic) bond motifs is 4. The van der Waals surface area contributed by atoms with E-state index < -0.39 is 0 Å². The van der Waals surface area contributed by atoms with E-state index in [0.29, 0.717) is 0 Å². The third kappa shape index (κ3) is 2.18. The molecule has 2 nitrogen and oxygen atoms in total. The van der Waals surface area contributed by atoms with E-state index in [1.165, 1.54) is 27.8 Å². The van der Waals surface area contributed by atoms with E-state index in [2.05, 4.69) is 102 Å². The van der Waals surface area contributed by atoms with Gasteiger partial charge in [-0.3, -0.25) is 4.57 Å². The zero-order chi connectivity index (χ0) is 18.5. The molecule has 6 rings (SSSR count). The van der Waals surface area contributed by atoms with Gasteiger partial charge >= 0.3 is 0 Å². The zero-order valence-corrected chi connectivity index (χ0v) is 15.3. The van der Waals surface area contributed by atoms with Gasteiger partial charge in [0.15, 0.2) is 0 Å². The van der Waals surface area contributed by atoms with Gasteiger partial charge in [-0.2, -0.15) is 0 Å². The van der Waals surface area contributed by atoms with Crippen LogP contribution in [-0.4, -0.2) is 9.55 Å². The van der Waals surface area contributed by atoms with Crippen LogP contribution >= 0.6 is 0 Å². The van der Waals surface area contributed by atoms with Crippen LogP contribution in [0.25, 0.3) is 39.2 Å². The minimum Gasteiger partial charge on any atom is -0.292 e. The Morgan fingerprint density at radius 2 is 1.32 bits per heavy atom. The van der Waals surface area contributed by atoms with E-state index >= 15 is 0 Å². The second kappa shape index (κ2) is 5.93. The Labute approximate surface area is 163 Å².